The number of hydrogen-bond donors (Lipinski definition) is 1. The van der Waals surface area contributed by atoms with Crippen LogP contribution in [-0.4, -0.2) is 15.1 Å². The van der Waals surface area contributed by atoms with Gasteiger partial charge in [-0.3, -0.25) is 0 Å². The number of nitrogens with zero attached hydrogens (tertiary/aromatic N) is 2. The molecule has 0 aliphatic rings. The SMILES string of the molecule is Cc1ccnc(Sc2ccc(F)cc2C(C)O)n1. The number of hydrogen-bond acceptors (Lipinski definition) is 4. The van der Waals surface area contributed by atoms with Gasteiger partial charge in [-0.15, -0.1) is 0 Å². The molecule has 1 N–H and O–H groups in total. The van der Waals surface area contributed by atoms with Crippen LogP contribution >= 0.6 is 11.8 Å². The molecule has 94 valence electrons. The van der Waals surface area contributed by atoms with Gasteiger partial charge in [-0.1, -0.05) is 0 Å². The van der Waals surface area contributed by atoms with Crippen LogP contribution in [0.15, 0.2) is 40.5 Å². The van der Waals surface area contributed by atoms with E-state index >= 15 is 0 Å². The molecule has 1 heterocycles. The van der Waals surface area contributed by atoms with Crippen molar-refractivity contribution < 1.29 is 9.50 Å². The van der Waals surface area contributed by atoms with E-state index in [0.717, 1.165) is 10.6 Å². The zero-order valence-corrected chi connectivity index (χ0v) is 10.9. The summed E-state index contributed by atoms with van der Waals surface area (Å²) < 4.78 is 13.2. The molecule has 0 spiro atoms. The number of halogens is 1. The van der Waals surface area contributed by atoms with Gasteiger partial charge in [-0.25, -0.2) is 14.4 Å². The van der Waals surface area contributed by atoms with Crippen LogP contribution < -0.4 is 0 Å². The summed E-state index contributed by atoms with van der Waals surface area (Å²) in [5.41, 5.74) is 1.42. The summed E-state index contributed by atoms with van der Waals surface area (Å²) in [5.74, 6) is -0.361. The van der Waals surface area contributed by atoms with Crippen molar-refractivity contribution in [1.82, 2.24) is 9.97 Å². The molecule has 0 saturated heterocycles. The fourth-order valence-electron chi connectivity index (χ4n) is 1.51. The number of aryl methyl sites for hydroxylation is 1. The summed E-state index contributed by atoms with van der Waals surface area (Å²) in [6.45, 7) is 3.49. The van der Waals surface area contributed by atoms with Crippen molar-refractivity contribution in [3.63, 3.8) is 0 Å². The molecule has 1 atom stereocenters. The number of benzene rings is 1. The highest BCUT2D eigenvalue weighted by Gasteiger charge is 2.11. The van der Waals surface area contributed by atoms with Gasteiger partial charge in [0.25, 0.3) is 0 Å². The Morgan fingerprint density at radius 2 is 2.11 bits per heavy atom. The third-order valence-corrected chi connectivity index (χ3v) is 3.37. The molecule has 0 aliphatic heterocycles. The first-order chi connectivity index (χ1) is 8.56. The van der Waals surface area contributed by atoms with E-state index in [1.54, 1.807) is 19.2 Å². The molecular formula is C13H13FN2OS. The molecule has 1 unspecified atom stereocenters. The zero-order valence-electron chi connectivity index (χ0n) is 10.1. The molecule has 1 aromatic carbocycles. The van der Waals surface area contributed by atoms with Gasteiger partial charge in [-0.05, 0) is 55.4 Å². The van der Waals surface area contributed by atoms with Crippen molar-refractivity contribution in [2.75, 3.05) is 0 Å². The summed E-state index contributed by atoms with van der Waals surface area (Å²) in [6, 6.07) is 6.14. The van der Waals surface area contributed by atoms with Crippen LogP contribution in [0.4, 0.5) is 4.39 Å². The molecule has 0 radical (unpaired) electrons. The van der Waals surface area contributed by atoms with E-state index in [9.17, 15) is 9.50 Å². The zero-order chi connectivity index (χ0) is 13.1. The van der Waals surface area contributed by atoms with Crippen LogP contribution in [0.3, 0.4) is 0 Å². The molecule has 0 amide bonds. The number of aliphatic hydroxyl groups is 1. The summed E-state index contributed by atoms with van der Waals surface area (Å²) in [5, 5.41) is 10.2. The highest BCUT2D eigenvalue weighted by Crippen LogP contribution is 2.31. The van der Waals surface area contributed by atoms with Crippen LogP contribution in [-0.2, 0) is 0 Å². The Balaban J connectivity index is 2.34. The molecule has 2 aromatic rings. The smallest absolute Gasteiger partial charge is 0.192 e. The van der Waals surface area contributed by atoms with E-state index in [1.807, 2.05) is 13.0 Å². The van der Waals surface area contributed by atoms with E-state index in [2.05, 4.69) is 9.97 Å². The maximum absolute atomic E-state index is 13.2. The monoisotopic (exact) mass is 264 g/mol. The third kappa shape index (κ3) is 3.05. The van der Waals surface area contributed by atoms with Crippen molar-refractivity contribution in [3.8, 4) is 0 Å². The first-order valence-corrected chi connectivity index (χ1v) is 6.33. The average molecular weight is 264 g/mol. The average Bonchev–Trinajstić information content (AvgIpc) is 2.31. The molecular weight excluding hydrogens is 251 g/mol. The third-order valence-electron chi connectivity index (χ3n) is 2.40. The topological polar surface area (TPSA) is 46.0 Å². The van der Waals surface area contributed by atoms with Crippen molar-refractivity contribution in [1.29, 1.82) is 0 Å². The lowest BCUT2D eigenvalue weighted by Gasteiger charge is -2.11. The predicted octanol–water partition coefficient (Wildman–Crippen LogP) is 3.13. The highest BCUT2D eigenvalue weighted by molar-refractivity contribution is 7.99. The van der Waals surface area contributed by atoms with Gasteiger partial charge >= 0.3 is 0 Å². The van der Waals surface area contributed by atoms with Crippen LogP contribution in [0.1, 0.15) is 24.3 Å². The van der Waals surface area contributed by atoms with Crippen molar-refractivity contribution >= 4 is 11.8 Å². The Morgan fingerprint density at radius 3 is 2.78 bits per heavy atom. The van der Waals surface area contributed by atoms with Crippen molar-refractivity contribution in [3.05, 3.63) is 47.5 Å². The second kappa shape index (κ2) is 5.46. The Bertz CT molecular complexity index is 560. The van der Waals surface area contributed by atoms with E-state index < -0.39 is 6.10 Å². The van der Waals surface area contributed by atoms with Crippen molar-refractivity contribution in [2.45, 2.75) is 30.0 Å². The minimum Gasteiger partial charge on any atom is -0.389 e. The van der Waals surface area contributed by atoms with Gasteiger partial charge in [0.1, 0.15) is 5.82 Å². The molecule has 5 heteroatoms. The van der Waals surface area contributed by atoms with Gasteiger partial charge in [0, 0.05) is 16.8 Å². The number of rotatable bonds is 3. The lowest BCUT2D eigenvalue weighted by Crippen LogP contribution is -1.96. The predicted molar refractivity (Wildman–Crippen MR) is 67.9 cm³/mol. The van der Waals surface area contributed by atoms with E-state index in [1.165, 1.54) is 23.9 Å². The van der Waals surface area contributed by atoms with Crippen molar-refractivity contribution in [2.24, 2.45) is 0 Å². The Kier molecular flexibility index (Phi) is 3.93. The summed E-state index contributed by atoms with van der Waals surface area (Å²) in [4.78, 5) is 9.16. The second-order valence-corrected chi connectivity index (χ2v) is 4.95. The minimum atomic E-state index is -0.729. The minimum absolute atomic E-state index is 0.361. The normalized spacial score (nSPS) is 12.4. The maximum Gasteiger partial charge on any atom is 0.192 e. The van der Waals surface area contributed by atoms with Gasteiger partial charge in [-0.2, -0.15) is 0 Å². The maximum atomic E-state index is 13.2. The molecule has 0 fully saturated rings. The van der Waals surface area contributed by atoms with Gasteiger partial charge < -0.3 is 5.11 Å². The molecule has 0 aliphatic carbocycles. The van der Waals surface area contributed by atoms with Gasteiger partial charge in [0.15, 0.2) is 5.16 Å². The first kappa shape index (κ1) is 13.0. The summed E-state index contributed by atoms with van der Waals surface area (Å²) >= 11 is 1.32. The van der Waals surface area contributed by atoms with Crippen LogP contribution in [0, 0.1) is 12.7 Å². The fourth-order valence-corrected chi connectivity index (χ4v) is 2.50. The molecule has 1 aromatic heterocycles. The van der Waals surface area contributed by atoms with Gasteiger partial charge in [0.05, 0.1) is 6.10 Å². The Morgan fingerprint density at radius 1 is 1.33 bits per heavy atom. The molecule has 2 rings (SSSR count). The molecule has 0 bridgehead atoms. The summed E-state index contributed by atoms with van der Waals surface area (Å²) in [6.07, 6.45) is 0.948. The largest absolute Gasteiger partial charge is 0.389 e. The van der Waals surface area contributed by atoms with Crippen LogP contribution in [0.2, 0.25) is 0 Å². The highest BCUT2D eigenvalue weighted by atomic mass is 32.2. The molecule has 3 nitrogen and oxygen atoms in total. The number of aliphatic hydroxyl groups excluding tert-OH is 1. The molecule has 0 saturated carbocycles. The van der Waals surface area contributed by atoms with E-state index in [4.69, 9.17) is 0 Å². The standard InChI is InChI=1S/C13H13FN2OS/c1-8-5-6-15-13(16-8)18-12-4-3-10(14)7-11(12)9(2)17/h3-7,9,17H,1-2H3. The quantitative estimate of drug-likeness (QED) is 0.865. The number of aromatic nitrogens is 2. The lowest BCUT2D eigenvalue weighted by atomic mass is 10.1. The van der Waals surface area contributed by atoms with Crippen LogP contribution in [0.5, 0.6) is 0 Å². The second-order valence-electron chi connectivity index (χ2n) is 3.94. The van der Waals surface area contributed by atoms with E-state index in [0.29, 0.717) is 10.7 Å². The molecule has 18 heavy (non-hydrogen) atoms. The Hall–Kier alpha value is -1.46. The first-order valence-electron chi connectivity index (χ1n) is 5.51. The van der Waals surface area contributed by atoms with Gasteiger partial charge in [0.2, 0.25) is 0 Å². The van der Waals surface area contributed by atoms with Crippen LogP contribution in [0.25, 0.3) is 0 Å². The summed E-state index contributed by atoms with van der Waals surface area (Å²) in [7, 11) is 0. The fraction of sp³-hybridized carbons (Fsp3) is 0.231. The lowest BCUT2D eigenvalue weighted by molar-refractivity contribution is 0.196. The Labute approximate surface area is 109 Å². The van der Waals surface area contributed by atoms with E-state index in [-0.39, 0.29) is 5.82 Å².